The standard InChI is InChI=1S/C31H30F3NO3S/c1-23-19-26(21-27(20-23)38-22-24-11-4-2-5-12-24)28(25-13-6-3-7-14-25)15-10-18-35-39(36,37)30-17-9-8-16-29(30)31(32,33)34/h2-9,11-14,16-17,19-21,28,35H,10,15,18,22H2,1H3. The Hall–Kier alpha value is -3.62. The van der Waals surface area contributed by atoms with E-state index in [0.29, 0.717) is 19.4 Å². The Kier molecular flexibility index (Phi) is 9.09. The number of halogens is 3. The van der Waals surface area contributed by atoms with E-state index in [9.17, 15) is 21.6 Å². The zero-order valence-corrected chi connectivity index (χ0v) is 22.3. The van der Waals surface area contributed by atoms with Crippen molar-refractivity contribution in [1.29, 1.82) is 0 Å². The fourth-order valence-electron chi connectivity index (χ4n) is 4.54. The molecule has 0 amide bonds. The van der Waals surface area contributed by atoms with Gasteiger partial charge in [-0.05, 0) is 66.3 Å². The maximum atomic E-state index is 13.4. The Balaban J connectivity index is 1.49. The van der Waals surface area contributed by atoms with Crippen LogP contribution in [-0.2, 0) is 22.8 Å². The van der Waals surface area contributed by atoms with Gasteiger partial charge >= 0.3 is 6.18 Å². The van der Waals surface area contributed by atoms with Crippen LogP contribution in [0.3, 0.4) is 0 Å². The number of aryl methyl sites for hydroxylation is 1. The van der Waals surface area contributed by atoms with E-state index in [1.165, 1.54) is 12.1 Å². The summed E-state index contributed by atoms with van der Waals surface area (Å²) in [5, 5.41) is 0. The third kappa shape index (κ3) is 7.71. The number of nitrogens with one attached hydrogen (secondary N) is 1. The van der Waals surface area contributed by atoms with Crippen molar-refractivity contribution in [3.05, 3.63) is 131 Å². The second-order valence-electron chi connectivity index (χ2n) is 9.35. The molecule has 204 valence electrons. The molecule has 0 fully saturated rings. The van der Waals surface area contributed by atoms with E-state index in [2.05, 4.69) is 10.8 Å². The molecule has 0 radical (unpaired) electrons. The average molecular weight is 554 g/mol. The van der Waals surface area contributed by atoms with Gasteiger partial charge in [0.05, 0.1) is 10.5 Å². The third-order valence-electron chi connectivity index (χ3n) is 6.37. The molecule has 1 unspecified atom stereocenters. The Morgan fingerprint density at radius 3 is 2.15 bits per heavy atom. The van der Waals surface area contributed by atoms with Gasteiger partial charge in [0.1, 0.15) is 12.4 Å². The molecule has 0 spiro atoms. The van der Waals surface area contributed by atoms with E-state index in [1.807, 2.05) is 79.7 Å². The number of ether oxygens (including phenoxy) is 1. The molecule has 0 heterocycles. The maximum Gasteiger partial charge on any atom is 0.417 e. The van der Waals surface area contributed by atoms with Crippen LogP contribution in [0.1, 0.15) is 46.6 Å². The van der Waals surface area contributed by atoms with Gasteiger partial charge in [-0.3, -0.25) is 0 Å². The summed E-state index contributed by atoms with van der Waals surface area (Å²) in [5.41, 5.74) is 2.99. The van der Waals surface area contributed by atoms with Crippen molar-refractivity contribution in [2.75, 3.05) is 6.54 Å². The zero-order valence-electron chi connectivity index (χ0n) is 21.5. The second kappa shape index (κ2) is 12.5. The van der Waals surface area contributed by atoms with Gasteiger partial charge in [-0.1, -0.05) is 78.9 Å². The minimum Gasteiger partial charge on any atom is -0.489 e. The van der Waals surface area contributed by atoms with E-state index in [1.54, 1.807) is 0 Å². The molecule has 0 aliphatic rings. The van der Waals surface area contributed by atoms with Crippen LogP contribution >= 0.6 is 0 Å². The van der Waals surface area contributed by atoms with Crippen LogP contribution in [0, 0.1) is 6.92 Å². The Labute approximate surface area is 227 Å². The molecule has 1 atom stereocenters. The summed E-state index contributed by atoms with van der Waals surface area (Å²) < 4.78 is 74.0. The first-order valence-electron chi connectivity index (χ1n) is 12.6. The van der Waals surface area contributed by atoms with Crippen molar-refractivity contribution in [2.24, 2.45) is 0 Å². The fraction of sp³-hybridized carbons (Fsp3) is 0.226. The van der Waals surface area contributed by atoms with Crippen molar-refractivity contribution in [2.45, 2.75) is 43.4 Å². The normalized spacial score (nSPS) is 12.7. The minimum absolute atomic E-state index is 0.00103. The predicted octanol–water partition coefficient (Wildman–Crippen LogP) is 7.48. The lowest BCUT2D eigenvalue weighted by atomic mass is 9.86. The van der Waals surface area contributed by atoms with Crippen LogP contribution < -0.4 is 9.46 Å². The Morgan fingerprint density at radius 1 is 0.821 bits per heavy atom. The SMILES string of the molecule is Cc1cc(OCc2ccccc2)cc(C(CCCNS(=O)(=O)c2ccccc2C(F)(F)F)c2ccccc2)c1. The van der Waals surface area contributed by atoms with Gasteiger partial charge in [0.15, 0.2) is 0 Å². The third-order valence-corrected chi connectivity index (χ3v) is 7.89. The summed E-state index contributed by atoms with van der Waals surface area (Å²) in [5.74, 6) is 0.677. The van der Waals surface area contributed by atoms with E-state index in [4.69, 9.17) is 4.74 Å². The number of rotatable bonds is 11. The number of sulfonamides is 1. The Bertz CT molecular complexity index is 1470. The van der Waals surface area contributed by atoms with Crippen LogP contribution in [0.2, 0.25) is 0 Å². The first kappa shape index (κ1) is 28.4. The molecule has 39 heavy (non-hydrogen) atoms. The van der Waals surface area contributed by atoms with Crippen LogP contribution in [0.5, 0.6) is 5.75 Å². The molecule has 1 N–H and O–H groups in total. The van der Waals surface area contributed by atoms with Gasteiger partial charge in [0.25, 0.3) is 0 Å². The Morgan fingerprint density at radius 2 is 1.46 bits per heavy atom. The van der Waals surface area contributed by atoms with Gasteiger partial charge in [0, 0.05) is 12.5 Å². The monoisotopic (exact) mass is 553 g/mol. The summed E-state index contributed by atoms with van der Waals surface area (Å²) >= 11 is 0. The van der Waals surface area contributed by atoms with Crippen molar-refractivity contribution in [3.63, 3.8) is 0 Å². The van der Waals surface area contributed by atoms with Crippen LogP contribution in [0.4, 0.5) is 13.2 Å². The summed E-state index contributed by atoms with van der Waals surface area (Å²) in [6, 6.07) is 30.0. The van der Waals surface area contributed by atoms with Gasteiger partial charge in [-0.15, -0.1) is 0 Å². The molecule has 0 aromatic heterocycles. The van der Waals surface area contributed by atoms with E-state index >= 15 is 0 Å². The summed E-state index contributed by atoms with van der Waals surface area (Å²) in [7, 11) is -4.34. The van der Waals surface area contributed by atoms with Crippen molar-refractivity contribution in [3.8, 4) is 5.75 Å². The molecule has 4 aromatic carbocycles. The molecule has 0 saturated carbocycles. The second-order valence-corrected chi connectivity index (χ2v) is 11.1. The topological polar surface area (TPSA) is 55.4 Å². The lowest BCUT2D eigenvalue weighted by Crippen LogP contribution is -2.27. The molecule has 0 aliphatic carbocycles. The lowest BCUT2D eigenvalue weighted by Gasteiger charge is -2.20. The number of hydrogen-bond acceptors (Lipinski definition) is 3. The highest BCUT2D eigenvalue weighted by molar-refractivity contribution is 7.89. The summed E-state index contributed by atoms with van der Waals surface area (Å²) in [4.78, 5) is -0.768. The van der Waals surface area contributed by atoms with Crippen LogP contribution in [0.15, 0.2) is 108 Å². The van der Waals surface area contributed by atoms with Gasteiger partial charge < -0.3 is 4.74 Å². The van der Waals surface area contributed by atoms with E-state index in [-0.39, 0.29) is 12.5 Å². The molecule has 8 heteroatoms. The molecule has 0 bridgehead atoms. The predicted molar refractivity (Wildman–Crippen MR) is 146 cm³/mol. The molecular formula is C31H30F3NO3S. The number of alkyl halides is 3. The van der Waals surface area contributed by atoms with Crippen molar-refractivity contribution >= 4 is 10.0 Å². The van der Waals surface area contributed by atoms with Crippen molar-refractivity contribution in [1.82, 2.24) is 4.72 Å². The zero-order chi connectivity index (χ0) is 27.9. The van der Waals surface area contributed by atoms with E-state index in [0.717, 1.165) is 40.1 Å². The quantitative estimate of drug-likeness (QED) is 0.196. The average Bonchev–Trinajstić information content (AvgIpc) is 2.92. The first-order chi connectivity index (χ1) is 18.6. The van der Waals surface area contributed by atoms with Crippen molar-refractivity contribution < 1.29 is 26.3 Å². The number of hydrogen-bond donors (Lipinski definition) is 1. The van der Waals surface area contributed by atoms with Crippen LogP contribution in [0.25, 0.3) is 0 Å². The molecule has 0 saturated heterocycles. The minimum atomic E-state index is -4.77. The number of benzene rings is 4. The highest BCUT2D eigenvalue weighted by atomic mass is 32.2. The highest BCUT2D eigenvalue weighted by Gasteiger charge is 2.36. The molecule has 4 rings (SSSR count). The summed E-state index contributed by atoms with van der Waals surface area (Å²) in [6.45, 7) is 2.43. The largest absolute Gasteiger partial charge is 0.489 e. The molecule has 4 aromatic rings. The van der Waals surface area contributed by atoms with Crippen LogP contribution in [-0.4, -0.2) is 15.0 Å². The molecular weight excluding hydrogens is 523 g/mol. The molecule has 0 aliphatic heterocycles. The molecule has 4 nitrogen and oxygen atoms in total. The first-order valence-corrected chi connectivity index (χ1v) is 14.1. The van der Waals surface area contributed by atoms with E-state index < -0.39 is 26.7 Å². The fourth-order valence-corrected chi connectivity index (χ4v) is 5.84. The van der Waals surface area contributed by atoms with Gasteiger partial charge in [-0.25, -0.2) is 13.1 Å². The maximum absolute atomic E-state index is 13.4. The lowest BCUT2D eigenvalue weighted by molar-refractivity contribution is -0.139. The van der Waals surface area contributed by atoms with Gasteiger partial charge in [0.2, 0.25) is 10.0 Å². The smallest absolute Gasteiger partial charge is 0.417 e. The van der Waals surface area contributed by atoms with Gasteiger partial charge in [-0.2, -0.15) is 13.2 Å². The summed E-state index contributed by atoms with van der Waals surface area (Å²) in [6.07, 6.45) is -3.77. The highest BCUT2D eigenvalue weighted by Crippen LogP contribution is 2.35.